The van der Waals surface area contributed by atoms with Gasteiger partial charge in [0.1, 0.15) is 0 Å². The average Bonchev–Trinajstić information content (AvgIpc) is 2.75. The summed E-state index contributed by atoms with van der Waals surface area (Å²) in [6.07, 6.45) is 27.8. The Kier molecular flexibility index (Phi) is 7.92. The maximum atomic E-state index is 9.96. The van der Waals surface area contributed by atoms with Crippen LogP contribution in [0, 0.1) is 33.5 Å². The molecule has 2 bridgehead atoms. The molecule has 0 saturated heterocycles. The topological polar surface area (TPSA) is 23.8 Å². The Labute approximate surface area is 176 Å². The van der Waals surface area contributed by atoms with Gasteiger partial charge in [0.05, 0.1) is 11.5 Å². The van der Waals surface area contributed by atoms with Gasteiger partial charge in [-0.3, -0.25) is 0 Å². The minimum absolute atomic E-state index is 0.0343. The third kappa shape index (κ3) is 4.96. The van der Waals surface area contributed by atoms with E-state index in [0.29, 0.717) is 5.41 Å². The first-order chi connectivity index (χ1) is 13.6. The van der Waals surface area contributed by atoms with Gasteiger partial charge >= 0.3 is 0 Å². The molecule has 0 aromatic heterocycles. The highest BCUT2D eigenvalue weighted by Crippen LogP contribution is 2.64. The molecule has 4 fully saturated rings. The molecule has 0 heterocycles. The zero-order valence-electron chi connectivity index (χ0n) is 19.2. The van der Waals surface area contributed by atoms with E-state index in [0.717, 1.165) is 11.3 Å². The lowest BCUT2D eigenvalue weighted by Crippen LogP contribution is -2.47. The fraction of sp³-hybridized carbons (Fsp3) is 0.963. The van der Waals surface area contributed by atoms with Crippen molar-refractivity contribution in [1.29, 1.82) is 5.26 Å². The summed E-state index contributed by atoms with van der Waals surface area (Å²) in [6.45, 7) is 4.61. The molecule has 0 aromatic rings. The molecule has 0 aromatic carbocycles. The number of nitrogens with zero attached hydrogens (tertiary/aromatic N) is 1. The molecule has 0 radical (unpaired) electrons. The maximum absolute atomic E-state index is 9.96. The van der Waals surface area contributed by atoms with Crippen molar-refractivity contribution in [2.75, 3.05) is 0 Å². The van der Waals surface area contributed by atoms with Crippen LogP contribution in [0.3, 0.4) is 0 Å². The molecular formula is C27H47N. The van der Waals surface area contributed by atoms with Crippen molar-refractivity contribution < 1.29 is 0 Å². The molecule has 4 saturated carbocycles. The molecule has 1 heteroatoms. The van der Waals surface area contributed by atoms with Gasteiger partial charge in [0.25, 0.3) is 0 Å². The highest BCUT2D eigenvalue weighted by molar-refractivity contribution is 5.07. The molecule has 160 valence electrons. The normalized spacial score (nSPS) is 37.7. The second kappa shape index (κ2) is 10.00. The Hall–Kier alpha value is -0.510. The van der Waals surface area contributed by atoms with Crippen molar-refractivity contribution in [3.05, 3.63) is 0 Å². The van der Waals surface area contributed by atoms with Gasteiger partial charge in [-0.25, -0.2) is 0 Å². The smallest absolute Gasteiger partial charge is 0.0689 e. The lowest BCUT2D eigenvalue weighted by Gasteiger charge is -2.58. The van der Waals surface area contributed by atoms with Crippen LogP contribution in [0.5, 0.6) is 0 Å². The molecule has 4 rings (SSSR count). The minimum Gasteiger partial charge on any atom is -0.198 e. The van der Waals surface area contributed by atoms with Crippen LogP contribution in [-0.2, 0) is 0 Å². The zero-order valence-corrected chi connectivity index (χ0v) is 19.2. The van der Waals surface area contributed by atoms with Crippen molar-refractivity contribution in [3.63, 3.8) is 0 Å². The molecule has 0 amide bonds. The van der Waals surface area contributed by atoms with E-state index in [4.69, 9.17) is 0 Å². The van der Waals surface area contributed by atoms with Crippen LogP contribution in [0.2, 0.25) is 0 Å². The summed E-state index contributed by atoms with van der Waals surface area (Å²) >= 11 is 0. The van der Waals surface area contributed by atoms with E-state index in [1.807, 2.05) is 0 Å². The fourth-order valence-corrected chi connectivity index (χ4v) is 7.30. The Bertz CT molecular complexity index is 480. The third-order valence-corrected chi connectivity index (χ3v) is 9.58. The number of unbranched alkanes of at least 4 members (excludes halogenated alkanes) is 6. The highest BCUT2D eigenvalue weighted by Gasteiger charge is 2.52. The molecule has 4 aliphatic carbocycles. The Morgan fingerprint density at radius 2 is 1.21 bits per heavy atom. The summed E-state index contributed by atoms with van der Waals surface area (Å²) in [4.78, 5) is 0. The SMILES string of the molecule is CCCCCCC[C@]1(C#N)CC[C@H](C23CCC(CCCCC)(CC2)CC3)CC1. The van der Waals surface area contributed by atoms with Crippen LogP contribution in [0.15, 0.2) is 0 Å². The van der Waals surface area contributed by atoms with Gasteiger partial charge in [0, 0.05) is 0 Å². The second-order valence-corrected chi connectivity index (χ2v) is 11.2. The molecule has 4 aliphatic rings. The molecule has 0 N–H and O–H groups in total. The van der Waals surface area contributed by atoms with Gasteiger partial charge in [-0.15, -0.1) is 0 Å². The van der Waals surface area contributed by atoms with Crippen molar-refractivity contribution >= 4 is 0 Å². The lowest BCUT2D eigenvalue weighted by atomic mass is 9.47. The van der Waals surface area contributed by atoms with E-state index >= 15 is 0 Å². The van der Waals surface area contributed by atoms with Gasteiger partial charge in [0.15, 0.2) is 0 Å². The predicted molar refractivity (Wildman–Crippen MR) is 120 cm³/mol. The minimum atomic E-state index is 0.0343. The predicted octanol–water partition coefficient (Wildman–Crippen LogP) is 8.97. The summed E-state index contributed by atoms with van der Waals surface area (Å²) in [5.74, 6) is 0.933. The van der Waals surface area contributed by atoms with Crippen LogP contribution in [0.1, 0.15) is 142 Å². The molecule has 28 heavy (non-hydrogen) atoms. The first-order valence-corrected chi connectivity index (χ1v) is 13.0. The monoisotopic (exact) mass is 385 g/mol. The van der Waals surface area contributed by atoms with Crippen LogP contribution in [-0.4, -0.2) is 0 Å². The van der Waals surface area contributed by atoms with E-state index < -0.39 is 0 Å². The van der Waals surface area contributed by atoms with Gasteiger partial charge < -0.3 is 0 Å². The standard InChI is InChI=1S/C27H47N/c1-3-5-7-8-10-14-26(23-28)15-11-24(12-16-26)27-20-17-25(18-21-27,19-22-27)13-9-6-4-2/h24H,3-22H2,1-2H3/t24-,25?,26-,27?. The van der Waals surface area contributed by atoms with E-state index in [2.05, 4.69) is 19.9 Å². The quantitative estimate of drug-likeness (QED) is 0.325. The van der Waals surface area contributed by atoms with Crippen molar-refractivity contribution in [2.45, 2.75) is 142 Å². The van der Waals surface area contributed by atoms with Crippen LogP contribution < -0.4 is 0 Å². The number of hydrogen-bond acceptors (Lipinski definition) is 1. The lowest BCUT2D eigenvalue weighted by molar-refractivity contribution is -0.0690. The first kappa shape index (κ1) is 22.2. The summed E-state index contributed by atoms with van der Waals surface area (Å²) in [5.41, 5.74) is 1.45. The molecule has 0 atom stereocenters. The summed E-state index contributed by atoms with van der Waals surface area (Å²) in [6, 6.07) is 2.81. The molecule has 0 aliphatic heterocycles. The first-order valence-electron chi connectivity index (χ1n) is 13.0. The van der Waals surface area contributed by atoms with Gasteiger partial charge in [-0.05, 0) is 93.8 Å². The fourth-order valence-electron chi connectivity index (χ4n) is 7.30. The van der Waals surface area contributed by atoms with E-state index in [1.54, 1.807) is 0 Å². The van der Waals surface area contributed by atoms with E-state index in [-0.39, 0.29) is 5.41 Å². The highest BCUT2D eigenvalue weighted by atomic mass is 14.6. The molecular weight excluding hydrogens is 338 g/mol. The number of hydrogen-bond donors (Lipinski definition) is 0. The third-order valence-electron chi connectivity index (χ3n) is 9.58. The molecule has 0 unspecified atom stereocenters. The molecule has 0 spiro atoms. The van der Waals surface area contributed by atoms with E-state index in [9.17, 15) is 5.26 Å². The summed E-state index contributed by atoms with van der Waals surface area (Å²) < 4.78 is 0. The van der Waals surface area contributed by atoms with E-state index in [1.165, 1.54) is 128 Å². The number of fused-ring (bicyclic) bond motifs is 3. The molecule has 1 nitrogen and oxygen atoms in total. The number of nitriles is 1. The van der Waals surface area contributed by atoms with Crippen molar-refractivity contribution in [3.8, 4) is 6.07 Å². The van der Waals surface area contributed by atoms with Crippen LogP contribution in [0.25, 0.3) is 0 Å². The van der Waals surface area contributed by atoms with Crippen LogP contribution in [0.4, 0.5) is 0 Å². The summed E-state index contributed by atoms with van der Waals surface area (Å²) in [5, 5.41) is 9.96. The van der Waals surface area contributed by atoms with Gasteiger partial charge in [0.2, 0.25) is 0 Å². The Morgan fingerprint density at radius 1 is 0.679 bits per heavy atom. The van der Waals surface area contributed by atoms with Crippen molar-refractivity contribution in [1.82, 2.24) is 0 Å². The summed E-state index contributed by atoms with van der Waals surface area (Å²) in [7, 11) is 0. The van der Waals surface area contributed by atoms with Crippen LogP contribution >= 0.6 is 0 Å². The largest absolute Gasteiger partial charge is 0.198 e. The maximum Gasteiger partial charge on any atom is 0.0689 e. The average molecular weight is 386 g/mol. The van der Waals surface area contributed by atoms with Crippen molar-refractivity contribution in [2.24, 2.45) is 22.2 Å². The second-order valence-electron chi connectivity index (χ2n) is 11.2. The zero-order chi connectivity index (χ0) is 19.9. The Balaban J connectivity index is 1.47. The number of rotatable bonds is 11. The Morgan fingerprint density at radius 3 is 1.79 bits per heavy atom. The van der Waals surface area contributed by atoms with Gasteiger partial charge in [-0.1, -0.05) is 65.2 Å². The van der Waals surface area contributed by atoms with Gasteiger partial charge in [-0.2, -0.15) is 5.26 Å².